The van der Waals surface area contributed by atoms with Gasteiger partial charge in [0.1, 0.15) is 11.5 Å². The van der Waals surface area contributed by atoms with Crippen molar-refractivity contribution in [2.45, 2.75) is 25.7 Å². The van der Waals surface area contributed by atoms with E-state index in [1.54, 1.807) is 12.1 Å². The van der Waals surface area contributed by atoms with E-state index in [0.29, 0.717) is 5.75 Å². The Kier molecular flexibility index (Phi) is 5.76. The van der Waals surface area contributed by atoms with Gasteiger partial charge in [0.05, 0.1) is 22.9 Å². The number of hydrogen-bond donors (Lipinski definition) is 3. The van der Waals surface area contributed by atoms with Gasteiger partial charge in [0, 0.05) is 39.1 Å². The highest BCUT2D eigenvalue weighted by molar-refractivity contribution is 6.12. The summed E-state index contributed by atoms with van der Waals surface area (Å²) in [5, 5.41) is 24.0. The molecular formula is C43H31N3O2. The van der Waals surface area contributed by atoms with E-state index in [4.69, 9.17) is 0 Å². The van der Waals surface area contributed by atoms with Crippen LogP contribution in [0.4, 0.5) is 0 Å². The van der Waals surface area contributed by atoms with Crippen LogP contribution < -0.4 is 0 Å². The van der Waals surface area contributed by atoms with Crippen molar-refractivity contribution in [3.05, 3.63) is 143 Å². The Balaban J connectivity index is 1.16. The van der Waals surface area contributed by atoms with E-state index in [1.165, 1.54) is 60.8 Å². The second kappa shape index (κ2) is 10.2. The number of phenolic OH excluding ortho intramolecular Hbond substituents is 2. The number of phenols is 2. The Morgan fingerprint density at radius 2 is 1.33 bits per heavy atom. The molecule has 0 spiro atoms. The number of aromatic nitrogens is 3. The zero-order valence-electron chi connectivity index (χ0n) is 26.2. The second-order valence-corrected chi connectivity index (χ2v) is 13.1. The lowest BCUT2D eigenvalue weighted by atomic mass is 9.83. The van der Waals surface area contributed by atoms with E-state index >= 15 is 0 Å². The Morgan fingerprint density at radius 3 is 2.12 bits per heavy atom. The average Bonchev–Trinajstić information content (AvgIpc) is 3.64. The van der Waals surface area contributed by atoms with Gasteiger partial charge >= 0.3 is 0 Å². The minimum absolute atomic E-state index is 0.267. The molecular weight excluding hydrogens is 590 g/mol. The Bertz CT molecular complexity index is 2640. The summed E-state index contributed by atoms with van der Waals surface area (Å²) in [6.07, 6.45) is 9.92. The number of H-pyrrole nitrogens is 1. The van der Waals surface area contributed by atoms with E-state index < -0.39 is 0 Å². The zero-order chi connectivity index (χ0) is 31.9. The number of hydrogen-bond acceptors (Lipinski definition) is 3. The van der Waals surface area contributed by atoms with E-state index in [-0.39, 0.29) is 5.75 Å². The van der Waals surface area contributed by atoms with Crippen LogP contribution in [0.2, 0.25) is 0 Å². The SMILES string of the molecule is Oc1cccc(C2=Cc3c([nH]c4cc5c(cc34)CCc3cc4c6cc(-c7cccc(O)c7)ccc6n(-c6cccnc6)c4cc3-5)CC2)c1. The number of nitrogens with one attached hydrogen (secondary N) is 1. The molecule has 5 nitrogen and oxygen atoms in total. The number of fused-ring (bicyclic) bond motifs is 9. The molecule has 2 aliphatic carbocycles. The monoisotopic (exact) mass is 621 g/mol. The van der Waals surface area contributed by atoms with Crippen molar-refractivity contribution in [2.24, 2.45) is 0 Å². The van der Waals surface area contributed by atoms with Crippen LogP contribution in [0.25, 0.3) is 72.3 Å². The van der Waals surface area contributed by atoms with Gasteiger partial charge in [-0.2, -0.15) is 0 Å². The highest BCUT2D eigenvalue weighted by atomic mass is 16.3. The van der Waals surface area contributed by atoms with E-state index in [1.807, 2.05) is 48.8 Å². The first-order valence-corrected chi connectivity index (χ1v) is 16.6. The smallest absolute Gasteiger partial charge is 0.116 e. The number of aromatic hydroxyl groups is 2. The molecule has 0 atom stereocenters. The summed E-state index contributed by atoms with van der Waals surface area (Å²) in [6.45, 7) is 0. The molecule has 0 radical (unpaired) electrons. The summed E-state index contributed by atoms with van der Waals surface area (Å²) in [4.78, 5) is 8.25. The summed E-state index contributed by atoms with van der Waals surface area (Å²) < 4.78 is 2.33. The maximum absolute atomic E-state index is 10.2. The standard InChI is InChI=1S/C43H31N3O2/c47-32-7-1-4-25(16-32)27-11-13-40-36(18-27)37-20-29-9-10-30-21-39-38-19-28(26-5-2-8-33(48)17-26)12-14-42(38)46(31-6-3-15-44-24-31)43(39)23-35(30)34(29)22-41(37)45-40/h1-8,12,14-24,45,47-48H,9-11,13H2. The molecule has 0 unspecified atom stereocenters. The normalized spacial score (nSPS) is 13.8. The quantitative estimate of drug-likeness (QED) is 0.184. The predicted octanol–water partition coefficient (Wildman–Crippen LogP) is 9.99. The third-order valence-corrected chi connectivity index (χ3v) is 10.4. The molecule has 5 aromatic carbocycles. The molecule has 0 saturated heterocycles. The lowest BCUT2D eigenvalue weighted by Crippen LogP contribution is -2.04. The third-order valence-electron chi connectivity index (χ3n) is 10.4. The van der Waals surface area contributed by atoms with Crippen LogP contribution >= 0.6 is 0 Å². The minimum Gasteiger partial charge on any atom is -0.508 e. The number of nitrogens with zero attached hydrogens (tertiary/aromatic N) is 2. The first kappa shape index (κ1) is 27.1. The Labute approximate surface area is 277 Å². The highest BCUT2D eigenvalue weighted by Crippen LogP contribution is 2.44. The van der Waals surface area contributed by atoms with Crippen molar-refractivity contribution in [3.63, 3.8) is 0 Å². The van der Waals surface area contributed by atoms with Crippen LogP contribution in [-0.4, -0.2) is 24.7 Å². The molecule has 0 aliphatic heterocycles. The van der Waals surface area contributed by atoms with Crippen molar-refractivity contribution >= 4 is 44.4 Å². The van der Waals surface area contributed by atoms with Gasteiger partial charge in [-0.25, -0.2) is 0 Å². The van der Waals surface area contributed by atoms with Crippen molar-refractivity contribution in [2.75, 3.05) is 0 Å². The van der Waals surface area contributed by atoms with Gasteiger partial charge in [-0.15, -0.1) is 0 Å². The van der Waals surface area contributed by atoms with E-state index in [2.05, 4.69) is 75.2 Å². The van der Waals surface area contributed by atoms with Gasteiger partial charge in [-0.05, 0) is 149 Å². The third kappa shape index (κ3) is 4.14. The number of rotatable bonds is 3. The highest BCUT2D eigenvalue weighted by Gasteiger charge is 2.24. The van der Waals surface area contributed by atoms with Gasteiger partial charge in [0.15, 0.2) is 0 Å². The summed E-state index contributed by atoms with van der Waals surface area (Å²) in [5.41, 5.74) is 16.8. The average molecular weight is 622 g/mol. The fourth-order valence-corrected chi connectivity index (χ4v) is 8.09. The molecule has 0 bridgehead atoms. The fraction of sp³-hybridized carbons (Fsp3) is 0.0930. The maximum atomic E-state index is 10.2. The first-order valence-electron chi connectivity index (χ1n) is 16.6. The summed E-state index contributed by atoms with van der Waals surface area (Å²) in [7, 11) is 0. The van der Waals surface area contributed by atoms with Crippen molar-refractivity contribution in [3.8, 4) is 39.4 Å². The molecule has 0 amide bonds. The van der Waals surface area contributed by atoms with Crippen LogP contribution in [-0.2, 0) is 19.3 Å². The van der Waals surface area contributed by atoms with Crippen molar-refractivity contribution < 1.29 is 10.2 Å². The van der Waals surface area contributed by atoms with Gasteiger partial charge in [0.25, 0.3) is 0 Å². The molecule has 8 aromatic rings. The van der Waals surface area contributed by atoms with Gasteiger partial charge in [0.2, 0.25) is 0 Å². The fourth-order valence-electron chi connectivity index (χ4n) is 8.09. The molecule has 3 heterocycles. The van der Waals surface area contributed by atoms with Gasteiger partial charge in [-0.1, -0.05) is 30.3 Å². The molecule has 0 saturated carbocycles. The summed E-state index contributed by atoms with van der Waals surface area (Å²) in [6, 6.07) is 35.3. The van der Waals surface area contributed by atoms with Crippen LogP contribution in [0.3, 0.4) is 0 Å². The van der Waals surface area contributed by atoms with E-state index in [9.17, 15) is 10.2 Å². The van der Waals surface area contributed by atoms with Crippen LogP contribution in [0.5, 0.6) is 11.5 Å². The van der Waals surface area contributed by atoms with Crippen LogP contribution in [0.1, 0.15) is 34.4 Å². The Morgan fingerprint density at radius 1 is 0.604 bits per heavy atom. The van der Waals surface area contributed by atoms with Crippen molar-refractivity contribution in [1.29, 1.82) is 0 Å². The van der Waals surface area contributed by atoms with Crippen LogP contribution in [0.15, 0.2) is 116 Å². The first-order chi connectivity index (χ1) is 23.6. The molecule has 0 fully saturated rings. The minimum atomic E-state index is 0.267. The van der Waals surface area contributed by atoms with Gasteiger partial charge < -0.3 is 19.8 Å². The second-order valence-electron chi connectivity index (χ2n) is 13.1. The number of aryl methyl sites for hydroxylation is 3. The number of benzene rings is 5. The van der Waals surface area contributed by atoms with Gasteiger partial charge in [-0.3, -0.25) is 4.98 Å². The zero-order valence-corrected chi connectivity index (χ0v) is 26.2. The number of allylic oxidation sites excluding steroid dienone is 1. The Hall–Kier alpha value is -6.07. The topological polar surface area (TPSA) is 74.1 Å². The van der Waals surface area contributed by atoms with Crippen molar-refractivity contribution in [1.82, 2.24) is 14.5 Å². The molecule has 10 rings (SSSR count). The number of aromatic amines is 1. The van der Waals surface area contributed by atoms with Crippen LogP contribution in [0, 0.1) is 0 Å². The largest absolute Gasteiger partial charge is 0.508 e. The predicted molar refractivity (Wildman–Crippen MR) is 195 cm³/mol. The summed E-state index contributed by atoms with van der Waals surface area (Å²) in [5.74, 6) is 0.572. The summed E-state index contributed by atoms with van der Waals surface area (Å²) >= 11 is 0. The molecule has 2 aliphatic rings. The van der Waals surface area contributed by atoms with E-state index in [0.717, 1.165) is 59.1 Å². The molecule has 3 N–H and O–H groups in total. The molecule has 5 heteroatoms. The molecule has 230 valence electrons. The lowest BCUT2D eigenvalue weighted by molar-refractivity contribution is 0.474. The maximum Gasteiger partial charge on any atom is 0.116 e. The lowest BCUT2D eigenvalue weighted by Gasteiger charge is -2.21. The molecule has 3 aromatic heterocycles. The molecule has 48 heavy (non-hydrogen) atoms. The number of pyridine rings is 1.